The van der Waals surface area contributed by atoms with Crippen molar-refractivity contribution in [2.75, 3.05) is 11.1 Å². The summed E-state index contributed by atoms with van der Waals surface area (Å²) in [6, 6.07) is 11.1. The molecule has 186 valence electrons. The van der Waals surface area contributed by atoms with Crippen LogP contribution < -0.4 is 10.6 Å². The molecule has 0 aliphatic carbocycles. The highest BCUT2D eigenvalue weighted by Crippen LogP contribution is 2.34. The van der Waals surface area contributed by atoms with Gasteiger partial charge in [0.2, 0.25) is 5.91 Å². The maximum atomic E-state index is 12.9. The average Bonchev–Trinajstić information content (AvgIpc) is 3.16. The van der Waals surface area contributed by atoms with Crippen LogP contribution >= 0.6 is 23.4 Å². The Morgan fingerprint density at radius 3 is 2.43 bits per heavy atom. The fourth-order valence-corrected chi connectivity index (χ4v) is 4.06. The zero-order valence-electron chi connectivity index (χ0n) is 19.1. The normalized spacial score (nSPS) is 12.5. The zero-order chi connectivity index (χ0) is 25.8. The summed E-state index contributed by atoms with van der Waals surface area (Å²) < 4.78 is 40.5. The van der Waals surface area contributed by atoms with Crippen LogP contribution in [0.3, 0.4) is 0 Å². The van der Waals surface area contributed by atoms with E-state index in [-0.39, 0.29) is 28.3 Å². The summed E-state index contributed by atoms with van der Waals surface area (Å²) in [4.78, 5) is 25.0. The smallest absolute Gasteiger partial charge is 0.342 e. The Kier molecular flexibility index (Phi) is 8.44. The summed E-state index contributed by atoms with van der Waals surface area (Å²) in [5.41, 5.74) is -0.533. The number of rotatable bonds is 8. The van der Waals surface area contributed by atoms with Crippen LogP contribution in [-0.4, -0.2) is 32.3 Å². The van der Waals surface area contributed by atoms with E-state index >= 15 is 0 Å². The number of carbonyl (C=O) groups is 2. The van der Waals surface area contributed by atoms with Crippen LogP contribution in [0.15, 0.2) is 53.7 Å². The molecule has 0 spiro atoms. The summed E-state index contributed by atoms with van der Waals surface area (Å²) >= 11 is 6.99. The first kappa shape index (κ1) is 26.6. The largest absolute Gasteiger partial charge is 0.416 e. The van der Waals surface area contributed by atoms with Crippen molar-refractivity contribution in [1.82, 2.24) is 20.1 Å². The first-order valence-electron chi connectivity index (χ1n) is 10.5. The van der Waals surface area contributed by atoms with E-state index in [4.69, 9.17) is 11.6 Å². The van der Waals surface area contributed by atoms with Crippen LogP contribution in [-0.2, 0) is 18.0 Å². The fraction of sp³-hybridized carbons (Fsp3) is 0.304. The molecule has 0 aliphatic heterocycles. The van der Waals surface area contributed by atoms with Crippen LogP contribution in [0.4, 0.5) is 18.9 Å². The fourth-order valence-electron chi connectivity index (χ4n) is 3.18. The Balaban J connectivity index is 1.67. The van der Waals surface area contributed by atoms with Gasteiger partial charge in [0.15, 0.2) is 11.0 Å². The van der Waals surface area contributed by atoms with E-state index in [2.05, 4.69) is 20.8 Å². The number of hydrogen-bond acceptors (Lipinski definition) is 5. The Morgan fingerprint density at radius 2 is 1.80 bits per heavy atom. The molecule has 7 nitrogen and oxygen atoms in total. The van der Waals surface area contributed by atoms with Gasteiger partial charge < -0.3 is 15.2 Å². The monoisotopic (exact) mass is 525 g/mol. The number of amides is 2. The lowest BCUT2D eigenvalue weighted by molar-refractivity contribution is -0.137. The molecule has 3 rings (SSSR count). The maximum Gasteiger partial charge on any atom is 0.416 e. The molecule has 3 aromatic rings. The van der Waals surface area contributed by atoms with Gasteiger partial charge in [-0.25, -0.2) is 0 Å². The molecule has 2 aromatic carbocycles. The predicted octanol–water partition coefficient (Wildman–Crippen LogP) is 5.35. The summed E-state index contributed by atoms with van der Waals surface area (Å²) in [5.74, 6) is -0.443. The Morgan fingerprint density at radius 1 is 1.11 bits per heavy atom. The van der Waals surface area contributed by atoms with Gasteiger partial charge in [-0.15, -0.1) is 10.2 Å². The number of anilines is 1. The minimum atomic E-state index is -4.56. The minimum Gasteiger partial charge on any atom is -0.342 e. The van der Waals surface area contributed by atoms with Crippen molar-refractivity contribution in [3.8, 4) is 0 Å². The van der Waals surface area contributed by atoms with Gasteiger partial charge in [0.1, 0.15) is 0 Å². The number of halogens is 4. The van der Waals surface area contributed by atoms with E-state index in [9.17, 15) is 22.8 Å². The van der Waals surface area contributed by atoms with Crippen LogP contribution in [0.5, 0.6) is 0 Å². The number of hydrogen-bond donors (Lipinski definition) is 2. The number of benzene rings is 2. The van der Waals surface area contributed by atoms with Crippen molar-refractivity contribution in [2.24, 2.45) is 13.0 Å². The molecule has 0 fully saturated rings. The predicted molar refractivity (Wildman–Crippen MR) is 128 cm³/mol. The molecule has 12 heteroatoms. The summed E-state index contributed by atoms with van der Waals surface area (Å²) in [5, 5.41) is 14.1. The second-order valence-electron chi connectivity index (χ2n) is 7.99. The SMILES string of the molecule is CC(C)C(NC(=O)c1ccccc1)c1nnc(SCC(=O)Nc2cc(C(F)(F)F)ccc2Cl)n1C. The maximum absolute atomic E-state index is 12.9. The van der Waals surface area contributed by atoms with Crippen LogP contribution in [0.1, 0.15) is 41.6 Å². The Hall–Kier alpha value is -3.05. The van der Waals surface area contributed by atoms with E-state index in [0.29, 0.717) is 16.5 Å². The summed E-state index contributed by atoms with van der Waals surface area (Å²) in [7, 11) is 1.71. The van der Waals surface area contributed by atoms with Crippen molar-refractivity contribution in [1.29, 1.82) is 0 Å². The molecule has 1 heterocycles. The van der Waals surface area contributed by atoms with E-state index in [0.717, 1.165) is 30.0 Å². The molecule has 2 N–H and O–H groups in total. The van der Waals surface area contributed by atoms with Gasteiger partial charge in [0.25, 0.3) is 5.91 Å². The van der Waals surface area contributed by atoms with Gasteiger partial charge in [-0.3, -0.25) is 9.59 Å². The minimum absolute atomic E-state index is 0.00485. The molecule has 0 bridgehead atoms. The second kappa shape index (κ2) is 11.1. The molecule has 35 heavy (non-hydrogen) atoms. The molecule has 0 saturated heterocycles. The third-order valence-electron chi connectivity index (χ3n) is 5.04. The van der Waals surface area contributed by atoms with Gasteiger partial charge in [0, 0.05) is 12.6 Å². The highest BCUT2D eigenvalue weighted by molar-refractivity contribution is 7.99. The Labute approximate surface area is 209 Å². The zero-order valence-corrected chi connectivity index (χ0v) is 20.6. The van der Waals surface area contributed by atoms with Crippen molar-refractivity contribution < 1.29 is 22.8 Å². The van der Waals surface area contributed by atoms with Crippen molar-refractivity contribution in [2.45, 2.75) is 31.2 Å². The van der Waals surface area contributed by atoms with E-state index < -0.39 is 23.7 Å². The van der Waals surface area contributed by atoms with Crippen molar-refractivity contribution in [3.63, 3.8) is 0 Å². The molecular formula is C23H23ClF3N5O2S. The van der Waals surface area contributed by atoms with E-state index in [1.165, 1.54) is 0 Å². The third-order valence-corrected chi connectivity index (χ3v) is 6.39. The Bertz CT molecular complexity index is 1200. The average molecular weight is 526 g/mol. The lowest BCUT2D eigenvalue weighted by atomic mass is 10.0. The number of nitrogens with one attached hydrogen (secondary N) is 2. The van der Waals surface area contributed by atoms with Gasteiger partial charge >= 0.3 is 6.18 Å². The topological polar surface area (TPSA) is 88.9 Å². The lowest BCUT2D eigenvalue weighted by Gasteiger charge is -2.21. The standard InChI is InChI=1S/C23H23ClF3N5O2S/c1-13(2)19(29-21(34)14-7-5-4-6-8-14)20-30-31-22(32(20)3)35-12-18(33)28-17-11-15(23(25,26)27)9-10-16(17)24/h4-11,13,19H,12H2,1-3H3,(H,28,33)(H,29,34). The van der Waals surface area contributed by atoms with Crippen LogP contribution in [0, 0.1) is 5.92 Å². The van der Waals surface area contributed by atoms with E-state index in [1.54, 1.807) is 35.9 Å². The van der Waals surface area contributed by atoms with Gasteiger partial charge in [-0.2, -0.15) is 13.2 Å². The molecule has 0 radical (unpaired) electrons. The summed E-state index contributed by atoms with van der Waals surface area (Å²) in [6.45, 7) is 3.87. The van der Waals surface area contributed by atoms with Gasteiger partial charge in [0.05, 0.1) is 28.1 Å². The van der Waals surface area contributed by atoms with E-state index in [1.807, 2.05) is 19.9 Å². The molecule has 0 aliphatic rings. The molecule has 1 aromatic heterocycles. The van der Waals surface area contributed by atoms with Gasteiger partial charge in [-0.05, 0) is 36.2 Å². The quantitative estimate of drug-likeness (QED) is 0.387. The number of nitrogens with zero attached hydrogens (tertiary/aromatic N) is 3. The molecule has 1 atom stereocenters. The highest BCUT2D eigenvalue weighted by atomic mass is 35.5. The first-order valence-corrected chi connectivity index (χ1v) is 11.9. The number of alkyl halides is 3. The second-order valence-corrected chi connectivity index (χ2v) is 9.34. The molecule has 1 unspecified atom stereocenters. The third kappa shape index (κ3) is 6.76. The van der Waals surface area contributed by atoms with Gasteiger partial charge in [-0.1, -0.05) is 55.4 Å². The van der Waals surface area contributed by atoms with Crippen LogP contribution in [0.25, 0.3) is 0 Å². The lowest BCUT2D eigenvalue weighted by Crippen LogP contribution is -2.33. The molecular weight excluding hydrogens is 503 g/mol. The summed E-state index contributed by atoms with van der Waals surface area (Å²) in [6.07, 6.45) is -4.56. The van der Waals surface area contributed by atoms with Crippen molar-refractivity contribution in [3.05, 3.63) is 70.5 Å². The number of aromatic nitrogens is 3. The highest BCUT2D eigenvalue weighted by Gasteiger charge is 2.31. The first-order chi connectivity index (χ1) is 16.5. The van der Waals surface area contributed by atoms with Crippen LogP contribution in [0.2, 0.25) is 5.02 Å². The molecule has 2 amide bonds. The number of thioether (sulfide) groups is 1. The van der Waals surface area contributed by atoms with Crippen molar-refractivity contribution >= 4 is 40.9 Å². The number of carbonyl (C=O) groups excluding carboxylic acids is 2. The molecule has 0 saturated carbocycles.